The SMILES string of the molecule is CCNC(=NCCCOCC(C)C)N1CCCC1. The molecule has 1 saturated heterocycles. The van der Waals surface area contributed by atoms with Gasteiger partial charge in [0.1, 0.15) is 0 Å². The highest BCUT2D eigenvalue weighted by Gasteiger charge is 2.14. The predicted molar refractivity (Wildman–Crippen MR) is 77.1 cm³/mol. The molecule has 0 atom stereocenters. The third-order valence-electron chi connectivity index (χ3n) is 2.90. The quantitative estimate of drug-likeness (QED) is 0.430. The number of nitrogens with one attached hydrogen (secondary N) is 1. The van der Waals surface area contributed by atoms with Crippen molar-refractivity contribution >= 4 is 5.96 Å². The van der Waals surface area contributed by atoms with Gasteiger partial charge in [-0.25, -0.2) is 0 Å². The van der Waals surface area contributed by atoms with Gasteiger partial charge in [0.05, 0.1) is 0 Å². The molecule has 0 aliphatic carbocycles. The fourth-order valence-electron chi connectivity index (χ4n) is 2.03. The molecule has 1 N–H and O–H groups in total. The number of likely N-dealkylation sites (tertiary alicyclic amines) is 1. The van der Waals surface area contributed by atoms with Gasteiger partial charge in [0.15, 0.2) is 5.96 Å². The second kappa shape index (κ2) is 9.20. The molecular weight excluding hydrogens is 226 g/mol. The topological polar surface area (TPSA) is 36.9 Å². The van der Waals surface area contributed by atoms with Crippen LogP contribution in [0.2, 0.25) is 0 Å². The Morgan fingerprint density at radius 3 is 2.67 bits per heavy atom. The Bertz CT molecular complexity index is 235. The van der Waals surface area contributed by atoms with Crippen molar-refractivity contribution in [2.75, 3.05) is 39.4 Å². The molecule has 4 nitrogen and oxygen atoms in total. The van der Waals surface area contributed by atoms with Crippen molar-refractivity contribution in [3.8, 4) is 0 Å². The fourth-order valence-corrected chi connectivity index (χ4v) is 2.03. The van der Waals surface area contributed by atoms with Crippen LogP contribution in [0.4, 0.5) is 0 Å². The fraction of sp³-hybridized carbons (Fsp3) is 0.929. The Hall–Kier alpha value is -0.770. The van der Waals surface area contributed by atoms with Gasteiger partial charge in [0.2, 0.25) is 0 Å². The van der Waals surface area contributed by atoms with Gasteiger partial charge in [-0.05, 0) is 32.1 Å². The van der Waals surface area contributed by atoms with Gasteiger partial charge in [-0.15, -0.1) is 0 Å². The average Bonchev–Trinajstić information content (AvgIpc) is 2.85. The maximum absolute atomic E-state index is 5.56. The lowest BCUT2D eigenvalue weighted by atomic mass is 10.2. The highest BCUT2D eigenvalue weighted by Crippen LogP contribution is 2.07. The Morgan fingerprint density at radius 1 is 1.33 bits per heavy atom. The minimum atomic E-state index is 0.621. The summed E-state index contributed by atoms with van der Waals surface area (Å²) in [5.74, 6) is 1.70. The lowest BCUT2D eigenvalue weighted by Gasteiger charge is -2.20. The van der Waals surface area contributed by atoms with E-state index in [0.29, 0.717) is 5.92 Å². The van der Waals surface area contributed by atoms with Gasteiger partial charge in [0.25, 0.3) is 0 Å². The third-order valence-corrected chi connectivity index (χ3v) is 2.90. The zero-order valence-electron chi connectivity index (χ0n) is 12.2. The molecule has 0 aromatic heterocycles. The first-order valence-electron chi connectivity index (χ1n) is 7.35. The number of nitrogens with zero attached hydrogens (tertiary/aromatic N) is 2. The first-order chi connectivity index (χ1) is 8.74. The van der Waals surface area contributed by atoms with Crippen molar-refractivity contribution in [1.29, 1.82) is 0 Å². The van der Waals surface area contributed by atoms with E-state index in [4.69, 9.17) is 4.74 Å². The third kappa shape index (κ3) is 6.24. The standard InChI is InChI=1S/C14H29N3O/c1-4-15-14(17-9-5-6-10-17)16-8-7-11-18-12-13(2)3/h13H,4-12H2,1-3H3,(H,15,16). The Labute approximate surface area is 112 Å². The minimum Gasteiger partial charge on any atom is -0.381 e. The number of hydrogen-bond acceptors (Lipinski definition) is 2. The average molecular weight is 255 g/mol. The van der Waals surface area contributed by atoms with Gasteiger partial charge < -0.3 is 15.0 Å². The normalized spacial score (nSPS) is 16.7. The highest BCUT2D eigenvalue weighted by molar-refractivity contribution is 5.80. The second-order valence-corrected chi connectivity index (χ2v) is 5.25. The van der Waals surface area contributed by atoms with Gasteiger partial charge in [-0.2, -0.15) is 0 Å². The van der Waals surface area contributed by atoms with E-state index in [9.17, 15) is 0 Å². The monoisotopic (exact) mass is 255 g/mol. The van der Waals surface area contributed by atoms with E-state index in [1.54, 1.807) is 0 Å². The number of hydrogen-bond donors (Lipinski definition) is 1. The van der Waals surface area contributed by atoms with Crippen LogP contribution in [-0.4, -0.2) is 50.3 Å². The maximum Gasteiger partial charge on any atom is 0.193 e. The number of rotatable bonds is 7. The summed E-state index contributed by atoms with van der Waals surface area (Å²) in [6, 6.07) is 0. The molecule has 1 rings (SSSR count). The largest absolute Gasteiger partial charge is 0.381 e. The highest BCUT2D eigenvalue weighted by atomic mass is 16.5. The molecule has 18 heavy (non-hydrogen) atoms. The lowest BCUT2D eigenvalue weighted by Crippen LogP contribution is -2.39. The Morgan fingerprint density at radius 2 is 2.06 bits per heavy atom. The van der Waals surface area contributed by atoms with Crippen LogP contribution in [0.3, 0.4) is 0 Å². The molecule has 4 heteroatoms. The molecule has 1 heterocycles. The van der Waals surface area contributed by atoms with E-state index in [-0.39, 0.29) is 0 Å². The molecule has 0 bridgehead atoms. The van der Waals surface area contributed by atoms with E-state index in [1.807, 2.05) is 0 Å². The van der Waals surface area contributed by atoms with Crippen LogP contribution < -0.4 is 5.32 Å². The molecule has 0 amide bonds. The minimum absolute atomic E-state index is 0.621. The first-order valence-corrected chi connectivity index (χ1v) is 7.35. The molecule has 1 aliphatic heterocycles. The zero-order chi connectivity index (χ0) is 13.2. The summed E-state index contributed by atoms with van der Waals surface area (Å²) in [4.78, 5) is 7.02. The van der Waals surface area contributed by atoms with E-state index < -0.39 is 0 Å². The van der Waals surface area contributed by atoms with Crippen LogP contribution in [0.15, 0.2) is 4.99 Å². The number of guanidine groups is 1. The number of aliphatic imine (C=N–C) groups is 1. The van der Waals surface area contributed by atoms with Crippen molar-refractivity contribution in [1.82, 2.24) is 10.2 Å². The van der Waals surface area contributed by atoms with E-state index in [2.05, 4.69) is 36.0 Å². The molecule has 106 valence electrons. The molecule has 0 aromatic rings. The van der Waals surface area contributed by atoms with Crippen LogP contribution in [0.25, 0.3) is 0 Å². The van der Waals surface area contributed by atoms with Crippen molar-refractivity contribution in [3.63, 3.8) is 0 Å². The Kier molecular flexibility index (Phi) is 7.81. The van der Waals surface area contributed by atoms with Gasteiger partial charge >= 0.3 is 0 Å². The summed E-state index contributed by atoms with van der Waals surface area (Å²) in [7, 11) is 0. The lowest BCUT2D eigenvalue weighted by molar-refractivity contribution is 0.109. The van der Waals surface area contributed by atoms with Crippen LogP contribution in [0, 0.1) is 5.92 Å². The second-order valence-electron chi connectivity index (χ2n) is 5.25. The summed E-state index contributed by atoms with van der Waals surface area (Å²) >= 11 is 0. The first kappa shape index (κ1) is 15.3. The molecule has 1 aliphatic rings. The van der Waals surface area contributed by atoms with Crippen LogP contribution in [0.5, 0.6) is 0 Å². The smallest absolute Gasteiger partial charge is 0.193 e. The van der Waals surface area contributed by atoms with Crippen molar-refractivity contribution < 1.29 is 4.74 Å². The van der Waals surface area contributed by atoms with E-state index in [1.165, 1.54) is 12.8 Å². The summed E-state index contributed by atoms with van der Waals surface area (Å²) in [6.45, 7) is 12.2. The molecule has 0 spiro atoms. The van der Waals surface area contributed by atoms with Gasteiger partial charge in [-0.1, -0.05) is 13.8 Å². The van der Waals surface area contributed by atoms with Crippen LogP contribution in [0.1, 0.15) is 40.0 Å². The van der Waals surface area contributed by atoms with Crippen molar-refractivity contribution in [2.24, 2.45) is 10.9 Å². The summed E-state index contributed by atoms with van der Waals surface area (Å²) in [5.41, 5.74) is 0. The van der Waals surface area contributed by atoms with Gasteiger partial charge in [0, 0.05) is 39.4 Å². The van der Waals surface area contributed by atoms with E-state index in [0.717, 1.165) is 51.8 Å². The molecule has 0 radical (unpaired) electrons. The van der Waals surface area contributed by atoms with Crippen LogP contribution in [-0.2, 0) is 4.74 Å². The van der Waals surface area contributed by atoms with Gasteiger partial charge in [-0.3, -0.25) is 4.99 Å². The molecule has 1 fully saturated rings. The summed E-state index contributed by atoms with van der Waals surface area (Å²) in [6.07, 6.45) is 3.60. The van der Waals surface area contributed by atoms with Crippen LogP contribution >= 0.6 is 0 Å². The molecule has 0 saturated carbocycles. The maximum atomic E-state index is 5.56. The van der Waals surface area contributed by atoms with Crippen molar-refractivity contribution in [3.05, 3.63) is 0 Å². The summed E-state index contributed by atoms with van der Waals surface area (Å²) in [5, 5.41) is 3.37. The predicted octanol–water partition coefficient (Wildman–Crippen LogP) is 2.11. The van der Waals surface area contributed by atoms with E-state index >= 15 is 0 Å². The molecular formula is C14H29N3O. The molecule has 0 unspecified atom stereocenters. The zero-order valence-corrected chi connectivity index (χ0v) is 12.2. The summed E-state index contributed by atoms with van der Waals surface area (Å²) < 4.78 is 5.56. The van der Waals surface area contributed by atoms with Crippen molar-refractivity contribution in [2.45, 2.75) is 40.0 Å². The molecule has 0 aromatic carbocycles. The Balaban J connectivity index is 2.19. The number of ether oxygens (including phenoxy) is 1.